The van der Waals surface area contributed by atoms with Crippen LogP contribution in [0.5, 0.6) is 0 Å². The average Bonchev–Trinajstić information content (AvgIpc) is 3.32. The van der Waals surface area contributed by atoms with Crippen LogP contribution >= 0.6 is 0 Å². The molecular weight excluding hydrogens is 406 g/mol. The van der Waals surface area contributed by atoms with Crippen LogP contribution in [0.3, 0.4) is 0 Å². The summed E-state index contributed by atoms with van der Waals surface area (Å²) >= 11 is 0. The fourth-order valence-electron chi connectivity index (χ4n) is 3.68. The van der Waals surface area contributed by atoms with Crippen LogP contribution in [-0.4, -0.2) is 48.5 Å². The minimum absolute atomic E-state index is 0.197. The van der Waals surface area contributed by atoms with Gasteiger partial charge in [0.15, 0.2) is 0 Å². The Kier molecular flexibility index (Phi) is 7.49. The van der Waals surface area contributed by atoms with Crippen molar-refractivity contribution in [1.29, 1.82) is 0 Å². The van der Waals surface area contributed by atoms with E-state index < -0.39 is 12.0 Å². The number of carbonyl (C=O) groups is 2. The standard InChI is InChI=1S/C24H27N5O3/c1-4-5-10-21(30)29(22(16(2)3)24(31)32)15-17-11-13-18(14-12-17)19-8-6-7-9-20(19)23-25-27-28-26-23/h4,6-9,11-14,16,22H,1,5,10,15H2,2-3H3,(H,31,32)(H,25,26,27,28)/t22-/m0/s1. The molecule has 1 atom stereocenters. The molecule has 0 fully saturated rings. The van der Waals surface area contributed by atoms with Gasteiger partial charge in [-0.3, -0.25) is 4.79 Å². The van der Waals surface area contributed by atoms with Crippen molar-refractivity contribution < 1.29 is 14.7 Å². The Bertz CT molecular complexity index is 1060. The molecule has 0 unspecified atom stereocenters. The van der Waals surface area contributed by atoms with Crippen molar-refractivity contribution in [3.05, 3.63) is 66.7 Å². The Morgan fingerprint density at radius 3 is 2.38 bits per heavy atom. The summed E-state index contributed by atoms with van der Waals surface area (Å²) in [6, 6.07) is 14.6. The number of hydrogen-bond acceptors (Lipinski definition) is 5. The van der Waals surface area contributed by atoms with E-state index in [1.54, 1.807) is 6.08 Å². The highest BCUT2D eigenvalue weighted by Crippen LogP contribution is 2.30. The zero-order valence-corrected chi connectivity index (χ0v) is 18.2. The fourth-order valence-corrected chi connectivity index (χ4v) is 3.68. The second-order valence-corrected chi connectivity index (χ2v) is 7.85. The number of aromatic nitrogens is 4. The smallest absolute Gasteiger partial charge is 0.326 e. The maximum atomic E-state index is 12.8. The largest absolute Gasteiger partial charge is 0.480 e. The summed E-state index contributed by atoms with van der Waals surface area (Å²) in [6.07, 6.45) is 2.40. The van der Waals surface area contributed by atoms with Gasteiger partial charge in [-0.05, 0) is 34.2 Å². The lowest BCUT2D eigenvalue weighted by molar-refractivity contribution is -0.152. The third kappa shape index (κ3) is 5.26. The molecular formula is C24H27N5O3. The van der Waals surface area contributed by atoms with Crippen molar-refractivity contribution >= 4 is 11.9 Å². The number of aromatic amines is 1. The van der Waals surface area contributed by atoms with Crippen LogP contribution < -0.4 is 0 Å². The van der Waals surface area contributed by atoms with E-state index in [9.17, 15) is 14.7 Å². The van der Waals surface area contributed by atoms with E-state index >= 15 is 0 Å². The number of H-pyrrole nitrogens is 1. The van der Waals surface area contributed by atoms with Crippen LogP contribution in [0.25, 0.3) is 22.5 Å². The quantitative estimate of drug-likeness (QED) is 0.469. The monoisotopic (exact) mass is 433 g/mol. The van der Waals surface area contributed by atoms with Gasteiger partial charge < -0.3 is 10.0 Å². The first-order chi connectivity index (χ1) is 15.4. The van der Waals surface area contributed by atoms with Gasteiger partial charge in [-0.1, -0.05) is 68.5 Å². The van der Waals surface area contributed by atoms with Crippen molar-refractivity contribution in [3.8, 4) is 22.5 Å². The zero-order valence-electron chi connectivity index (χ0n) is 18.2. The number of rotatable bonds is 10. The van der Waals surface area contributed by atoms with Crippen molar-refractivity contribution in [1.82, 2.24) is 25.5 Å². The second-order valence-electron chi connectivity index (χ2n) is 7.85. The van der Waals surface area contributed by atoms with Crippen LogP contribution in [0.2, 0.25) is 0 Å². The van der Waals surface area contributed by atoms with E-state index in [0.717, 1.165) is 22.3 Å². The van der Waals surface area contributed by atoms with E-state index in [-0.39, 0.29) is 24.8 Å². The Morgan fingerprint density at radius 2 is 1.81 bits per heavy atom. The highest BCUT2D eigenvalue weighted by atomic mass is 16.4. The highest BCUT2D eigenvalue weighted by molar-refractivity contribution is 5.84. The first kappa shape index (κ1) is 22.9. The van der Waals surface area contributed by atoms with Crippen LogP contribution in [0.4, 0.5) is 0 Å². The maximum absolute atomic E-state index is 12.8. The van der Waals surface area contributed by atoms with Crippen LogP contribution in [0.1, 0.15) is 32.3 Å². The Balaban J connectivity index is 1.88. The van der Waals surface area contributed by atoms with Crippen molar-refractivity contribution in [2.24, 2.45) is 5.92 Å². The topological polar surface area (TPSA) is 112 Å². The number of carboxylic acids is 1. The fraction of sp³-hybridized carbons (Fsp3) is 0.292. The number of amides is 1. The molecule has 3 aromatic rings. The molecule has 166 valence electrons. The molecule has 1 amide bonds. The van der Waals surface area contributed by atoms with Gasteiger partial charge in [0, 0.05) is 18.5 Å². The molecule has 0 radical (unpaired) electrons. The van der Waals surface area contributed by atoms with E-state index in [2.05, 4.69) is 27.2 Å². The summed E-state index contributed by atoms with van der Waals surface area (Å²) in [6.45, 7) is 7.49. The van der Waals surface area contributed by atoms with E-state index in [4.69, 9.17) is 0 Å². The normalized spacial score (nSPS) is 11.8. The van der Waals surface area contributed by atoms with Gasteiger partial charge in [0.05, 0.1) is 0 Å². The Labute approximate surface area is 187 Å². The van der Waals surface area contributed by atoms with Crippen molar-refractivity contribution in [2.75, 3.05) is 0 Å². The molecule has 8 heteroatoms. The molecule has 0 spiro atoms. The van der Waals surface area contributed by atoms with Crippen LogP contribution in [-0.2, 0) is 16.1 Å². The van der Waals surface area contributed by atoms with E-state index in [1.807, 2.05) is 62.4 Å². The molecule has 0 aliphatic carbocycles. The summed E-state index contributed by atoms with van der Waals surface area (Å²) in [5, 5.41) is 24.0. The third-order valence-electron chi connectivity index (χ3n) is 5.23. The Morgan fingerprint density at radius 1 is 1.12 bits per heavy atom. The predicted octanol–water partition coefficient (Wildman–Crippen LogP) is 3.94. The predicted molar refractivity (Wildman–Crippen MR) is 121 cm³/mol. The number of nitrogens with zero attached hydrogens (tertiary/aromatic N) is 4. The number of aliphatic carboxylic acids is 1. The number of benzene rings is 2. The molecule has 8 nitrogen and oxygen atoms in total. The van der Waals surface area contributed by atoms with Gasteiger partial charge in [0.25, 0.3) is 0 Å². The number of nitrogens with one attached hydrogen (secondary N) is 1. The number of carboxylic acid groups (broad SMARTS) is 1. The molecule has 0 saturated heterocycles. The molecule has 0 aliphatic heterocycles. The van der Waals surface area contributed by atoms with Crippen LogP contribution in [0.15, 0.2) is 61.2 Å². The lowest BCUT2D eigenvalue weighted by atomic mass is 9.97. The first-order valence-corrected chi connectivity index (χ1v) is 10.5. The highest BCUT2D eigenvalue weighted by Gasteiger charge is 2.32. The van der Waals surface area contributed by atoms with Crippen molar-refractivity contribution in [3.63, 3.8) is 0 Å². The molecule has 32 heavy (non-hydrogen) atoms. The maximum Gasteiger partial charge on any atom is 0.326 e. The molecule has 0 aliphatic rings. The summed E-state index contributed by atoms with van der Waals surface area (Å²) in [5.74, 6) is -0.915. The number of allylic oxidation sites excluding steroid dienone is 1. The molecule has 0 saturated carbocycles. The molecule has 2 aromatic carbocycles. The van der Waals surface area contributed by atoms with Gasteiger partial charge in [-0.25, -0.2) is 4.79 Å². The summed E-state index contributed by atoms with van der Waals surface area (Å²) in [7, 11) is 0. The van der Waals surface area contributed by atoms with Gasteiger partial charge in [0.1, 0.15) is 6.04 Å². The van der Waals surface area contributed by atoms with Gasteiger partial charge in [-0.2, -0.15) is 5.21 Å². The molecule has 2 N–H and O–H groups in total. The van der Waals surface area contributed by atoms with Crippen molar-refractivity contribution in [2.45, 2.75) is 39.3 Å². The Hall–Kier alpha value is -3.81. The number of carbonyl (C=O) groups excluding carboxylic acids is 1. The van der Waals surface area contributed by atoms with Gasteiger partial charge in [-0.15, -0.1) is 16.8 Å². The lowest BCUT2D eigenvalue weighted by Crippen LogP contribution is -2.47. The molecule has 1 heterocycles. The lowest BCUT2D eigenvalue weighted by Gasteiger charge is -2.31. The van der Waals surface area contributed by atoms with E-state index in [0.29, 0.717) is 12.2 Å². The molecule has 0 bridgehead atoms. The van der Waals surface area contributed by atoms with Crippen LogP contribution in [0, 0.1) is 5.92 Å². The minimum atomic E-state index is -1.00. The number of tetrazole rings is 1. The third-order valence-corrected chi connectivity index (χ3v) is 5.23. The summed E-state index contributed by atoms with van der Waals surface area (Å²) < 4.78 is 0. The van der Waals surface area contributed by atoms with Gasteiger partial charge in [0.2, 0.25) is 11.7 Å². The zero-order chi connectivity index (χ0) is 23.1. The number of hydrogen-bond donors (Lipinski definition) is 2. The molecule has 3 rings (SSSR count). The molecule has 1 aromatic heterocycles. The minimum Gasteiger partial charge on any atom is -0.480 e. The summed E-state index contributed by atoms with van der Waals surface area (Å²) in [4.78, 5) is 26.2. The summed E-state index contributed by atoms with van der Waals surface area (Å²) in [5.41, 5.74) is 3.60. The average molecular weight is 434 g/mol. The van der Waals surface area contributed by atoms with Gasteiger partial charge >= 0.3 is 5.97 Å². The second kappa shape index (κ2) is 10.5. The SMILES string of the molecule is C=CCCC(=O)N(Cc1ccc(-c2ccccc2-c2nn[nH]n2)cc1)[C@H](C(=O)O)C(C)C. The first-order valence-electron chi connectivity index (χ1n) is 10.5. The van der Waals surface area contributed by atoms with E-state index in [1.165, 1.54) is 4.90 Å².